The quantitative estimate of drug-likeness (QED) is 0.362. The Labute approximate surface area is 205 Å². The second-order valence-corrected chi connectivity index (χ2v) is 8.94. The lowest BCUT2D eigenvalue weighted by molar-refractivity contribution is -0.0660. The van der Waals surface area contributed by atoms with Gasteiger partial charge in [-0.3, -0.25) is 20.1 Å². The van der Waals surface area contributed by atoms with E-state index in [1.165, 1.54) is 0 Å². The van der Waals surface area contributed by atoms with Crippen LogP contribution in [0.2, 0.25) is 0 Å². The Morgan fingerprint density at radius 2 is 1.77 bits per heavy atom. The molecule has 2 fully saturated rings. The van der Waals surface area contributed by atoms with Crippen LogP contribution in [0, 0.1) is 5.41 Å². The number of carbonyl (C=O) groups excluding carboxylic acids is 1. The van der Waals surface area contributed by atoms with Crippen LogP contribution < -0.4 is 16.0 Å². The molecule has 0 radical (unpaired) electrons. The molecule has 180 valence electrons. The van der Waals surface area contributed by atoms with Crippen molar-refractivity contribution < 1.29 is 9.53 Å². The number of hydrogen-bond donors (Lipinski definition) is 3. The molecule has 3 aromatic rings. The van der Waals surface area contributed by atoms with E-state index in [9.17, 15) is 4.79 Å². The number of hydrogen-bond acceptors (Lipinski definition) is 7. The van der Waals surface area contributed by atoms with E-state index in [1.54, 1.807) is 24.4 Å². The maximum Gasteiger partial charge on any atom is 0.251 e. The second kappa shape index (κ2) is 10.2. The molecule has 0 saturated carbocycles. The fourth-order valence-corrected chi connectivity index (χ4v) is 4.46. The smallest absolute Gasteiger partial charge is 0.251 e. The van der Waals surface area contributed by atoms with Crippen LogP contribution in [0.4, 0.5) is 11.4 Å². The molecule has 8 nitrogen and oxygen atoms in total. The molecule has 35 heavy (non-hydrogen) atoms. The summed E-state index contributed by atoms with van der Waals surface area (Å²) in [5, 5.41) is 11.6. The van der Waals surface area contributed by atoms with Gasteiger partial charge in [0, 0.05) is 60.4 Å². The minimum atomic E-state index is -0.229. The van der Waals surface area contributed by atoms with E-state index in [1.807, 2.05) is 30.3 Å². The maximum absolute atomic E-state index is 12.7. The lowest BCUT2D eigenvalue weighted by atomic mass is 9.98. The van der Waals surface area contributed by atoms with Crippen LogP contribution in [-0.2, 0) is 11.3 Å². The Balaban J connectivity index is 1.23. The van der Waals surface area contributed by atoms with Crippen LogP contribution in [0.1, 0.15) is 27.2 Å². The van der Waals surface area contributed by atoms with Gasteiger partial charge >= 0.3 is 0 Å². The molecule has 2 saturated heterocycles. The van der Waals surface area contributed by atoms with E-state index in [-0.39, 0.29) is 5.91 Å². The number of nitrogen functional groups attached to an aromatic ring is 1. The number of nitrogens with two attached hydrogens (primary N) is 1. The third kappa shape index (κ3) is 5.18. The van der Waals surface area contributed by atoms with Crippen molar-refractivity contribution in [3.8, 4) is 0 Å². The Bertz CT molecular complexity index is 1190. The van der Waals surface area contributed by atoms with Gasteiger partial charge < -0.3 is 20.7 Å². The monoisotopic (exact) mass is 470 g/mol. The highest BCUT2D eigenvalue weighted by Gasteiger charge is 2.28. The van der Waals surface area contributed by atoms with Crippen molar-refractivity contribution in [1.82, 2.24) is 15.2 Å². The number of benzene rings is 2. The molecule has 1 aromatic heterocycles. The number of piperazine rings is 1. The normalized spacial score (nSPS) is 16.5. The number of anilines is 2. The van der Waals surface area contributed by atoms with Crippen LogP contribution >= 0.6 is 0 Å². The van der Waals surface area contributed by atoms with E-state index in [2.05, 4.69) is 32.2 Å². The molecule has 2 aliphatic rings. The molecule has 2 aromatic carbocycles. The molecule has 0 aliphatic carbocycles. The summed E-state index contributed by atoms with van der Waals surface area (Å²) >= 11 is 0. The Morgan fingerprint density at radius 1 is 1.03 bits per heavy atom. The number of pyridine rings is 1. The predicted octanol–water partition coefficient (Wildman–Crippen LogP) is 2.53. The molecular weight excluding hydrogens is 440 g/mol. The number of rotatable bonds is 7. The zero-order valence-electron chi connectivity index (χ0n) is 19.6. The maximum atomic E-state index is 12.7. The molecule has 4 N–H and O–H groups in total. The fourth-order valence-electron chi connectivity index (χ4n) is 4.46. The first-order valence-electron chi connectivity index (χ1n) is 11.9. The van der Waals surface area contributed by atoms with E-state index in [4.69, 9.17) is 15.9 Å². The standard InChI is InChI=1S/C27H30N6O2/c28-25-9-6-20(27(34)31-16-21-3-1-2-10-30-21)15-24(25)26(29)19-4-7-22(8-5-19)32-11-13-33(14-12-32)23-17-35-18-23/h1-10,15,23,29H,11-14,16-18,28H2,(H,31,34). The van der Waals surface area contributed by atoms with Gasteiger partial charge in [-0.15, -0.1) is 0 Å². The molecule has 2 aliphatic heterocycles. The summed E-state index contributed by atoms with van der Waals surface area (Å²) in [6, 6.07) is 19.2. The molecule has 3 heterocycles. The van der Waals surface area contributed by atoms with Crippen molar-refractivity contribution in [1.29, 1.82) is 5.41 Å². The van der Waals surface area contributed by atoms with Crippen molar-refractivity contribution in [3.63, 3.8) is 0 Å². The number of nitrogens with one attached hydrogen (secondary N) is 2. The molecule has 0 atom stereocenters. The van der Waals surface area contributed by atoms with E-state index in [0.29, 0.717) is 35.1 Å². The van der Waals surface area contributed by atoms with Crippen LogP contribution in [0.15, 0.2) is 66.9 Å². The second-order valence-electron chi connectivity index (χ2n) is 8.94. The average Bonchev–Trinajstić information content (AvgIpc) is 2.87. The van der Waals surface area contributed by atoms with Crippen molar-refractivity contribution in [2.75, 3.05) is 50.0 Å². The third-order valence-corrected chi connectivity index (χ3v) is 6.71. The Kier molecular flexibility index (Phi) is 6.74. The van der Waals surface area contributed by atoms with Crippen molar-refractivity contribution in [2.45, 2.75) is 12.6 Å². The van der Waals surface area contributed by atoms with Gasteiger partial charge in [0.1, 0.15) is 0 Å². The number of carbonyl (C=O) groups is 1. The van der Waals surface area contributed by atoms with Gasteiger partial charge in [-0.05, 0) is 42.5 Å². The molecule has 0 unspecified atom stereocenters. The third-order valence-electron chi connectivity index (χ3n) is 6.71. The first-order chi connectivity index (χ1) is 17.1. The number of ether oxygens (including phenoxy) is 1. The molecule has 5 rings (SSSR count). The van der Waals surface area contributed by atoms with Gasteiger partial charge in [0.05, 0.1) is 37.2 Å². The van der Waals surface area contributed by atoms with E-state index >= 15 is 0 Å². The summed E-state index contributed by atoms with van der Waals surface area (Å²) in [4.78, 5) is 21.8. The van der Waals surface area contributed by atoms with Crippen LogP contribution in [0.3, 0.4) is 0 Å². The summed E-state index contributed by atoms with van der Waals surface area (Å²) in [5.74, 6) is -0.229. The van der Waals surface area contributed by atoms with Gasteiger partial charge in [-0.25, -0.2) is 0 Å². The van der Waals surface area contributed by atoms with Crippen molar-refractivity contribution in [3.05, 3.63) is 89.2 Å². The molecule has 8 heteroatoms. The fraction of sp³-hybridized carbons (Fsp3) is 0.296. The average molecular weight is 471 g/mol. The van der Waals surface area contributed by atoms with Gasteiger partial charge in [0.2, 0.25) is 0 Å². The molecule has 0 spiro atoms. The van der Waals surface area contributed by atoms with Gasteiger partial charge in [-0.1, -0.05) is 18.2 Å². The van der Waals surface area contributed by atoms with Gasteiger partial charge in [0.15, 0.2) is 0 Å². The number of aromatic nitrogens is 1. The lowest BCUT2D eigenvalue weighted by Gasteiger charge is -2.43. The molecular formula is C27H30N6O2. The SMILES string of the molecule is N=C(c1ccc(N2CCN(C3COC3)CC2)cc1)c1cc(C(=O)NCc2ccccn2)ccc1N. The zero-order valence-corrected chi connectivity index (χ0v) is 19.6. The van der Waals surface area contributed by atoms with Crippen LogP contribution in [0.25, 0.3) is 0 Å². The van der Waals surface area contributed by atoms with Gasteiger partial charge in [0.25, 0.3) is 5.91 Å². The largest absolute Gasteiger partial charge is 0.398 e. The van der Waals surface area contributed by atoms with Crippen LogP contribution in [-0.4, -0.2) is 66.9 Å². The van der Waals surface area contributed by atoms with E-state index < -0.39 is 0 Å². The summed E-state index contributed by atoms with van der Waals surface area (Å²) in [6.45, 7) is 6.08. The topological polar surface area (TPSA) is 108 Å². The number of amides is 1. The Hall–Kier alpha value is -3.75. The van der Waals surface area contributed by atoms with Crippen molar-refractivity contribution >= 4 is 23.0 Å². The Morgan fingerprint density at radius 3 is 2.43 bits per heavy atom. The van der Waals surface area contributed by atoms with Gasteiger partial charge in [-0.2, -0.15) is 0 Å². The minimum absolute atomic E-state index is 0.229. The summed E-state index contributed by atoms with van der Waals surface area (Å²) < 4.78 is 5.32. The lowest BCUT2D eigenvalue weighted by Crippen LogP contribution is -2.56. The highest BCUT2D eigenvalue weighted by molar-refractivity contribution is 6.15. The van der Waals surface area contributed by atoms with E-state index in [0.717, 1.165) is 56.3 Å². The van der Waals surface area contributed by atoms with Crippen molar-refractivity contribution in [2.24, 2.45) is 0 Å². The summed E-state index contributed by atoms with van der Waals surface area (Å²) in [7, 11) is 0. The summed E-state index contributed by atoms with van der Waals surface area (Å²) in [6.07, 6.45) is 1.69. The first-order valence-corrected chi connectivity index (χ1v) is 11.9. The molecule has 0 bridgehead atoms. The minimum Gasteiger partial charge on any atom is -0.398 e. The highest BCUT2D eigenvalue weighted by Crippen LogP contribution is 2.23. The van der Waals surface area contributed by atoms with Crippen LogP contribution in [0.5, 0.6) is 0 Å². The first kappa shape index (κ1) is 23.0. The molecule has 1 amide bonds. The summed E-state index contributed by atoms with van der Waals surface area (Å²) in [5.41, 5.74) is 10.6. The number of nitrogens with zero attached hydrogens (tertiary/aromatic N) is 3. The highest BCUT2D eigenvalue weighted by atomic mass is 16.5. The predicted molar refractivity (Wildman–Crippen MR) is 137 cm³/mol. The zero-order chi connectivity index (χ0) is 24.2.